The summed E-state index contributed by atoms with van der Waals surface area (Å²) in [4.78, 5) is 0. The third kappa shape index (κ3) is 2.48. The summed E-state index contributed by atoms with van der Waals surface area (Å²) in [6, 6.07) is 3.76. The van der Waals surface area contributed by atoms with Gasteiger partial charge in [0.05, 0.1) is 13.7 Å². The topological polar surface area (TPSA) is 44.5 Å². The molecule has 0 spiro atoms. The molecule has 0 heterocycles. The van der Waals surface area contributed by atoms with Gasteiger partial charge in [-0.2, -0.15) is 0 Å². The normalized spacial score (nSPS) is 18.0. The fraction of sp³-hybridized carbons (Fsp3) is 0.571. The van der Waals surface area contributed by atoms with Crippen LogP contribution in [0.15, 0.2) is 12.1 Å². The van der Waals surface area contributed by atoms with Gasteiger partial charge in [-0.3, -0.25) is 0 Å². The van der Waals surface area contributed by atoms with Crippen molar-refractivity contribution in [3.63, 3.8) is 0 Å². The number of rotatable bonds is 4. The summed E-state index contributed by atoms with van der Waals surface area (Å²) >= 11 is 6.11. The van der Waals surface area contributed by atoms with Gasteiger partial charge in [0.2, 0.25) is 0 Å². The van der Waals surface area contributed by atoms with Crippen molar-refractivity contribution in [3.8, 4) is 5.75 Å². The van der Waals surface area contributed by atoms with Crippen molar-refractivity contribution in [2.75, 3.05) is 14.2 Å². The van der Waals surface area contributed by atoms with Crippen LogP contribution in [-0.4, -0.2) is 14.2 Å². The molecule has 1 aliphatic carbocycles. The maximum absolute atomic E-state index is 6.56. The Morgan fingerprint density at radius 2 is 1.94 bits per heavy atom. The fourth-order valence-electron chi connectivity index (χ4n) is 2.89. The molecule has 0 saturated heterocycles. The minimum absolute atomic E-state index is 0.302. The first-order valence-corrected chi connectivity index (χ1v) is 6.63. The number of ether oxygens (including phenoxy) is 2. The lowest BCUT2D eigenvalue weighted by Gasteiger charge is -2.29. The predicted octanol–water partition coefficient (Wildman–Crippen LogP) is 3.22. The van der Waals surface area contributed by atoms with Crippen molar-refractivity contribution in [2.45, 2.75) is 37.8 Å². The van der Waals surface area contributed by atoms with E-state index in [2.05, 4.69) is 0 Å². The molecule has 100 valence electrons. The molecule has 1 aromatic rings. The Kier molecular flexibility index (Phi) is 4.15. The van der Waals surface area contributed by atoms with Crippen LogP contribution < -0.4 is 10.5 Å². The van der Waals surface area contributed by atoms with E-state index in [1.807, 2.05) is 12.1 Å². The summed E-state index contributed by atoms with van der Waals surface area (Å²) < 4.78 is 10.7. The average molecular weight is 270 g/mol. The third-order valence-electron chi connectivity index (χ3n) is 3.66. The lowest BCUT2D eigenvalue weighted by molar-refractivity contribution is 0.182. The number of methoxy groups -OCH3 is 2. The number of hydrogen-bond donors (Lipinski definition) is 1. The van der Waals surface area contributed by atoms with Crippen LogP contribution in [-0.2, 0) is 16.9 Å². The Balaban J connectivity index is 2.54. The molecule has 0 aromatic heterocycles. The van der Waals surface area contributed by atoms with E-state index < -0.39 is 0 Å². The number of benzene rings is 1. The highest BCUT2D eigenvalue weighted by Crippen LogP contribution is 2.43. The first kappa shape index (κ1) is 13.7. The molecule has 0 amide bonds. The van der Waals surface area contributed by atoms with Gasteiger partial charge in [-0.1, -0.05) is 24.4 Å². The monoisotopic (exact) mass is 269 g/mol. The molecule has 0 unspecified atom stereocenters. The summed E-state index contributed by atoms with van der Waals surface area (Å²) in [6.45, 7) is 0.505. The Bertz CT molecular complexity index is 428. The molecule has 18 heavy (non-hydrogen) atoms. The minimum atomic E-state index is -0.302. The van der Waals surface area contributed by atoms with Gasteiger partial charge >= 0.3 is 0 Å². The van der Waals surface area contributed by atoms with Crippen molar-refractivity contribution in [1.82, 2.24) is 0 Å². The summed E-state index contributed by atoms with van der Waals surface area (Å²) in [5, 5.41) is 0.657. The minimum Gasteiger partial charge on any atom is -0.496 e. The standard InChI is InChI=1S/C14H20ClNO2/c1-17-9-10-7-11(15)8-12(18-2)13(10)14(16)5-3-4-6-14/h7-8H,3-6,9,16H2,1-2H3. The molecule has 2 rings (SSSR count). The van der Waals surface area contributed by atoms with Gasteiger partial charge in [0.1, 0.15) is 5.75 Å². The van der Waals surface area contributed by atoms with Crippen LogP contribution in [0.4, 0.5) is 0 Å². The smallest absolute Gasteiger partial charge is 0.125 e. The maximum atomic E-state index is 6.56. The first-order valence-electron chi connectivity index (χ1n) is 6.25. The second kappa shape index (κ2) is 5.47. The van der Waals surface area contributed by atoms with Crippen LogP contribution in [0.3, 0.4) is 0 Å². The van der Waals surface area contributed by atoms with E-state index in [0.717, 1.165) is 42.6 Å². The Morgan fingerprint density at radius 1 is 1.28 bits per heavy atom. The lowest BCUT2D eigenvalue weighted by atomic mass is 9.85. The second-order valence-corrected chi connectivity index (χ2v) is 5.37. The number of hydrogen-bond acceptors (Lipinski definition) is 3. The molecule has 0 atom stereocenters. The van der Waals surface area contributed by atoms with Crippen LogP contribution in [0.25, 0.3) is 0 Å². The van der Waals surface area contributed by atoms with E-state index in [0.29, 0.717) is 11.6 Å². The Morgan fingerprint density at radius 3 is 2.50 bits per heavy atom. The van der Waals surface area contributed by atoms with Gasteiger partial charge in [-0.25, -0.2) is 0 Å². The molecule has 1 fully saturated rings. The zero-order chi connectivity index (χ0) is 13.2. The third-order valence-corrected chi connectivity index (χ3v) is 3.88. The largest absolute Gasteiger partial charge is 0.496 e. The van der Waals surface area contributed by atoms with E-state index in [9.17, 15) is 0 Å². The summed E-state index contributed by atoms with van der Waals surface area (Å²) in [5.41, 5.74) is 8.35. The van der Waals surface area contributed by atoms with Gasteiger partial charge in [-0.05, 0) is 30.5 Å². The van der Waals surface area contributed by atoms with Gasteiger partial charge in [0.25, 0.3) is 0 Å². The SMILES string of the molecule is COCc1cc(Cl)cc(OC)c1C1(N)CCCC1. The molecule has 1 aromatic carbocycles. The molecule has 2 N–H and O–H groups in total. The summed E-state index contributed by atoms with van der Waals surface area (Å²) in [5.74, 6) is 0.777. The summed E-state index contributed by atoms with van der Waals surface area (Å²) in [7, 11) is 3.33. The van der Waals surface area contributed by atoms with Gasteiger partial charge in [0.15, 0.2) is 0 Å². The zero-order valence-corrected chi connectivity index (χ0v) is 11.7. The van der Waals surface area contributed by atoms with Crippen LogP contribution in [0.2, 0.25) is 5.02 Å². The molecule has 3 nitrogen and oxygen atoms in total. The Hall–Kier alpha value is -0.770. The van der Waals surface area contributed by atoms with Crippen molar-refractivity contribution in [1.29, 1.82) is 0 Å². The van der Waals surface area contributed by atoms with Crippen LogP contribution in [0.5, 0.6) is 5.75 Å². The van der Waals surface area contributed by atoms with E-state index in [1.165, 1.54) is 0 Å². The van der Waals surface area contributed by atoms with E-state index >= 15 is 0 Å². The van der Waals surface area contributed by atoms with E-state index in [4.69, 9.17) is 26.8 Å². The van der Waals surface area contributed by atoms with Crippen LogP contribution >= 0.6 is 11.6 Å². The van der Waals surface area contributed by atoms with Gasteiger partial charge < -0.3 is 15.2 Å². The molecule has 0 bridgehead atoms. The highest BCUT2D eigenvalue weighted by molar-refractivity contribution is 6.30. The number of nitrogens with two attached hydrogens (primary N) is 1. The van der Waals surface area contributed by atoms with Crippen molar-refractivity contribution in [2.24, 2.45) is 5.73 Å². The highest BCUT2D eigenvalue weighted by Gasteiger charge is 2.36. The average Bonchev–Trinajstić information content (AvgIpc) is 2.76. The van der Waals surface area contributed by atoms with Crippen LogP contribution in [0, 0.1) is 0 Å². The molecule has 4 heteroatoms. The van der Waals surface area contributed by atoms with E-state index in [-0.39, 0.29) is 5.54 Å². The molecular formula is C14H20ClNO2. The molecule has 1 saturated carbocycles. The molecule has 0 aliphatic heterocycles. The van der Waals surface area contributed by atoms with Crippen molar-refractivity contribution >= 4 is 11.6 Å². The summed E-state index contributed by atoms with van der Waals surface area (Å²) in [6.07, 6.45) is 4.30. The van der Waals surface area contributed by atoms with Gasteiger partial charge in [-0.15, -0.1) is 0 Å². The first-order chi connectivity index (χ1) is 8.60. The molecule has 0 radical (unpaired) electrons. The molecule has 1 aliphatic rings. The predicted molar refractivity (Wildman–Crippen MR) is 73.1 cm³/mol. The maximum Gasteiger partial charge on any atom is 0.125 e. The lowest BCUT2D eigenvalue weighted by Crippen LogP contribution is -2.35. The van der Waals surface area contributed by atoms with E-state index in [1.54, 1.807) is 14.2 Å². The Labute approximate surface area is 113 Å². The number of halogens is 1. The zero-order valence-electron chi connectivity index (χ0n) is 11.0. The quantitative estimate of drug-likeness (QED) is 0.913. The van der Waals surface area contributed by atoms with Crippen LogP contribution in [0.1, 0.15) is 36.8 Å². The van der Waals surface area contributed by atoms with Gasteiger partial charge in [0, 0.05) is 23.2 Å². The molecular weight excluding hydrogens is 250 g/mol. The van der Waals surface area contributed by atoms with Crippen molar-refractivity contribution < 1.29 is 9.47 Å². The van der Waals surface area contributed by atoms with Crippen molar-refractivity contribution in [3.05, 3.63) is 28.3 Å². The highest BCUT2D eigenvalue weighted by atomic mass is 35.5. The fourth-order valence-corrected chi connectivity index (χ4v) is 3.12. The second-order valence-electron chi connectivity index (χ2n) is 4.94.